The fourth-order valence-electron chi connectivity index (χ4n) is 3.98. The molecule has 0 saturated carbocycles. The summed E-state index contributed by atoms with van der Waals surface area (Å²) in [6.07, 6.45) is -1.45. The number of guanidine groups is 1. The molecule has 2 N–H and O–H groups in total. The van der Waals surface area contributed by atoms with E-state index in [-0.39, 0.29) is 17.9 Å². The highest BCUT2D eigenvalue weighted by atomic mass is 16.6. The summed E-state index contributed by atoms with van der Waals surface area (Å²) in [7, 11) is 0. The average molecular weight is 532 g/mol. The molecule has 0 aliphatic heterocycles. The molecule has 3 rings (SSSR count). The average Bonchev–Trinajstić information content (AvgIpc) is 2.79. The van der Waals surface area contributed by atoms with Gasteiger partial charge in [0.1, 0.15) is 11.2 Å². The van der Waals surface area contributed by atoms with Crippen molar-refractivity contribution < 1.29 is 19.1 Å². The van der Waals surface area contributed by atoms with Crippen LogP contribution in [0, 0.1) is 0 Å². The van der Waals surface area contributed by atoms with Crippen molar-refractivity contribution in [2.45, 2.75) is 85.5 Å². The summed E-state index contributed by atoms with van der Waals surface area (Å²) in [5, 5.41) is 7.21. The second kappa shape index (κ2) is 11.5. The van der Waals surface area contributed by atoms with Crippen molar-refractivity contribution in [3.63, 3.8) is 0 Å². The maximum atomic E-state index is 12.4. The monoisotopic (exact) mass is 531 g/mol. The van der Waals surface area contributed by atoms with Crippen molar-refractivity contribution in [1.82, 2.24) is 10.6 Å². The van der Waals surface area contributed by atoms with E-state index in [1.807, 2.05) is 18.2 Å². The number of ether oxygens (including phenoxy) is 2. The molecular weight excluding hydrogens is 490 g/mol. The van der Waals surface area contributed by atoms with Crippen LogP contribution in [0.25, 0.3) is 21.9 Å². The number of fused-ring (bicyclic) bond motifs is 1. The number of benzene rings is 3. The standard InChI is InChI=1S/C32H41N3O4/c1-30(2,3)23-17-14-21(15-18-23)25-19-16-22(24-12-10-11-13-26(24)25)20-33-27(34-28(36)38-31(4,5)6)35-29(37)39-32(7,8)9/h10-19H,20H2,1-9H3,(H2,33,34,35,36,37). The Hall–Kier alpha value is -3.87. The van der Waals surface area contributed by atoms with Gasteiger partial charge in [0, 0.05) is 0 Å². The molecule has 7 nitrogen and oxygen atoms in total. The number of nitrogens with one attached hydrogen (secondary N) is 2. The number of carbonyl (C=O) groups is 2. The molecule has 0 heterocycles. The van der Waals surface area contributed by atoms with Crippen LogP contribution < -0.4 is 10.6 Å². The number of alkyl carbamates (subject to hydrolysis) is 2. The van der Waals surface area contributed by atoms with E-state index < -0.39 is 23.4 Å². The lowest BCUT2D eigenvalue weighted by Gasteiger charge is -2.22. The number of hydrogen-bond donors (Lipinski definition) is 2. The molecule has 3 aromatic carbocycles. The highest BCUT2D eigenvalue weighted by Crippen LogP contribution is 2.33. The number of nitrogens with zero attached hydrogens (tertiary/aromatic N) is 1. The Balaban J connectivity index is 1.93. The van der Waals surface area contributed by atoms with Crippen LogP contribution in [0.2, 0.25) is 0 Å². The molecule has 0 fully saturated rings. The van der Waals surface area contributed by atoms with Crippen LogP contribution in [0.4, 0.5) is 9.59 Å². The fourth-order valence-corrected chi connectivity index (χ4v) is 3.98. The van der Waals surface area contributed by atoms with Crippen LogP contribution in [-0.4, -0.2) is 29.3 Å². The molecule has 39 heavy (non-hydrogen) atoms. The number of aliphatic imine (C=N–C) groups is 1. The number of hydrogen-bond acceptors (Lipinski definition) is 5. The first kappa shape index (κ1) is 29.7. The maximum Gasteiger partial charge on any atom is 0.414 e. The van der Waals surface area contributed by atoms with E-state index in [2.05, 4.69) is 78.9 Å². The van der Waals surface area contributed by atoms with Gasteiger partial charge in [-0.25, -0.2) is 14.6 Å². The zero-order valence-electron chi connectivity index (χ0n) is 24.6. The Kier molecular flexibility index (Phi) is 8.74. The zero-order valence-corrected chi connectivity index (χ0v) is 24.6. The molecule has 0 unspecified atom stereocenters. The van der Waals surface area contributed by atoms with Gasteiger partial charge >= 0.3 is 12.2 Å². The number of rotatable bonds is 3. The van der Waals surface area contributed by atoms with Crippen molar-refractivity contribution >= 4 is 28.9 Å². The van der Waals surface area contributed by atoms with E-state index in [0.29, 0.717) is 0 Å². The quantitative estimate of drug-likeness (QED) is 0.268. The van der Waals surface area contributed by atoms with Crippen LogP contribution in [0.3, 0.4) is 0 Å². The molecule has 0 aliphatic rings. The number of amides is 2. The first-order chi connectivity index (χ1) is 18.0. The molecule has 0 atom stereocenters. The Morgan fingerprint density at radius 1 is 0.692 bits per heavy atom. The first-order valence-electron chi connectivity index (χ1n) is 13.2. The Morgan fingerprint density at radius 2 is 1.21 bits per heavy atom. The molecule has 0 bridgehead atoms. The van der Waals surface area contributed by atoms with Crippen LogP contribution in [0.1, 0.15) is 73.4 Å². The third kappa shape index (κ3) is 8.84. The van der Waals surface area contributed by atoms with Crippen molar-refractivity contribution in [2.24, 2.45) is 4.99 Å². The molecule has 7 heteroatoms. The van der Waals surface area contributed by atoms with Crippen LogP contribution in [0.15, 0.2) is 65.7 Å². The van der Waals surface area contributed by atoms with Crippen molar-refractivity contribution in [3.8, 4) is 11.1 Å². The second-order valence-corrected chi connectivity index (χ2v) is 12.6. The SMILES string of the molecule is CC(C)(C)OC(=O)NC(=NCc1ccc(-c2ccc(C(C)(C)C)cc2)c2ccccc12)NC(=O)OC(C)(C)C. The normalized spacial score (nSPS) is 12.0. The molecule has 208 valence electrons. The smallest absolute Gasteiger partial charge is 0.414 e. The van der Waals surface area contributed by atoms with Crippen molar-refractivity contribution in [3.05, 3.63) is 71.8 Å². The topological polar surface area (TPSA) is 89.0 Å². The van der Waals surface area contributed by atoms with Gasteiger partial charge in [-0.2, -0.15) is 0 Å². The lowest BCUT2D eigenvalue weighted by molar-refractivity contribution is 0.0545. The minimum Gasteiger partial charge on any atom is -0.444 e. The molecular formula is C32H41N3O4. The Labute approximate surface area is 232 Å². The van der Waals surface area contributed by atoms with Gasteiger partial charge in [-0.3, -0.25) is 10.6 Å². The van der Waals surface area contributed by atoms with Crippen LogP contribution in [-0.2, 0) is 21.4 Å². The fraction of sp³-hybridized carbons (Fsp3) is 0.406. The van der Waals surface area contributed by atoms with E-state index >= 15 is 0 Å². The van der Waals surface area contributed by atoms with Gasteiger partial charge in [-0.05, 0) is 80.0 Å². The van der Waals surface area contributed by atoms with Gasteiger partial charge in [-0.15, -0.1) is 0 Å². The van der Waals surface area contributed by atoms with E-state index in [0.717, 1.165) is 27.5 Å². The van der Waals surface area contributed by atoms with Crippen LogP contribution in [0.5, 0.6) is 0 Å². The highest BCUT2D eigenvalue weighted by Gasteiger charge is 2.21. The summed E-state index contributed by atoms with van der Waals surface area (Å²) in [6.45, 7) is 17.4. The largest absolute Gasteiger partial charge is 0.444 e. The molecule has 0 saturated heterocycles. The first-order valence-corrected chi connectivity index (χ1v) is 13.2. The summed E-state index contributed by atoms with van der Waals surface area (Å²) in [5.74, 6) is -0.0515. The van der Waals surface area contributed by atoms with Crippen LogP contribution >= 0.6 is 0 Å². The predicted octanol–water partition coefficient (Wildman–Crippen LogP) is 7.71. The molecule has 2 amide bonds. The van der Waals surface area contributed by atoms with Gasteiger partial charge in [0.05, 0.1) is 6.54 Å². The molecule has 0 aromatic heterocycles. The molecule has 0 radical (unpaired) electrons. The third-order valence-corrected chi connectivity index (χ3v) is 5.72. The van der Waals surface area contributed by atoms with Crippen molar-refractivity contribution in [1.29, 1.82) is 0 Å². The Morgan fingerprint density at radius 3 is 1.69 bits per heavy atom. The zero-order chi connectivity index (χ0) is 29.0. The van der Waals surface area contributed by atoms with Gasteiger partial charge in [-0.1, -0.05) is 81.4 Å². The minimum absolute atomic E-state index is 0.0515. The molecule has 3 aromatic rings. The van der Waals surface area contributed by atoms with E-state index in [1.54, 1.807) is 41.5 Å². The van der Waals surface area contributed by atoms with Gasteiger partial charge < -0.3 is 9.47 Å². The van der Waals surface area contributed by atoms with E-state index in [1.165, 1.54) is 5.56 Å². The summed E-state index contributed by atoms with van der Waals surface area (Å²) in [4.78, 5) is 29.4. The lowest BCUT2D eigenvalue weighted by atomic mass is 9.86. The second-order valence-electron chi connectivity index (χ2n) is 12.6. The Bertz CT molecular complexity index is 1320. The summed E-state index contributed by atoms with van der Waals surface area (Å²) in [5.41, 5.74) is 3.14. The van der Waals surface area contributed by atoms with Gasteiger partial charge in [0.25, 0.3) is 0 Å². The molecule has 0 aliphatic carbocycles. The summed E-state index contributed by atoms with van der Waals surface area (Å²) < 4.78 is 10.7. The van der Waals surface area contributed by atoms with E-state index in [9.17, 15) is 9.59 Å². The van der Waals surface area contributed by atoms with E-state index in [4.69, 9.17) is 9.47 Å². The number of carbonyl (C=O) groups excluding carboxylic acids is 2. The lowest BCUT2D eigenvalue weighted by Crippen LogP contribution is -2.47. The minimum atomic E-state index is -0.726. The summed E-state index contributed by atoms with van der Waals surface area (Å²) in [6, 6.07) is 20.9. The third-order valence-electron chi connectivity index (χ3n) is 5.72. The predicted molar refractivity (Wildman–Crippen MR) is 158 cm³/mol. The highest BCUT2D eigenvalue weighted by molar-refractivity contribution is 6.02. The maximum absolute atomic E-state index is 12.4. The van der Waals surface area contributed by atoms with Gasteiger partial charge in [0.15, 0.2) is 0 Å². The molecule has 0 spiro atoms. The van der Waals surface area contributed by atoms with Crippen molar-refractivity contribution in [2.75, 3.05) is 0 Å². The summed E-state index contributed by atoms with van der Waals surface area (Å²) >= 11 is 0. The van der Waals surface area contributed by atoms with Gasteiger partial charge in [0.2, 0.25) is 5.96 Å².